The molecule has 0 fully saturated rings. The fraction of sp³-hybridized carbons (Fsp3) is 0.938. The highest BCUT2D eigenvalue weighted by Gasteiger charge is 2.71. The number of hydrogen-bond donors (Lipinski definition) is 1. The number of alkyl halides is 6. The fourth-order valence-electron chi connectivity index (χ4n) is 1.89. The standard InChI is InChI=1S/C16H26F6O3/c1-7-13(5,6)12(23)25-11(10(4)9(2)3)8-14(24,15(17,18)19)16(20,21)22/h9-11,24H,7-8H2,1-6H3. The molecule has 9 heteroatoms. The van der Waals surface area contributed by atoms with Gasteiger partial charge in [0.25, 0.3) is 5.60 Å². The highest BCUT2D eigenvalue weighted by molar-refractivity contribution is 5.76. The normalized spacial score (nSPS) is 16.7. The maximum Gasteiger partial charge on any atom is 0.426 e. The van der Waals surface area contributed by atoms with Gasteiger partial charge in [-0.2, -0.15) is 26.3 Å². The Kier molecular flexibility index (Phi) is 7.41. The molecule has 0 heterocycles. The Morgan fingerprint density at radius 3 is 1.68 bits per heavy atom. The Morgan fingerprint density at radius 2 is 1.40 bits per heavy atom. The van der Waals surface area contributed by atoms with Crippen LogP contribution in [-0.4, -0.2) is 35.1 Å². The van der Waals surface area contributed by atoms with Crippen molar-refractivity contribution >= 4 is 5.97 Å². The predicted octanol–water partition coefficient (Wildman–Crippen LogP) is 4.87. The highest BCUT2D eigenvalue weighted by atomic mass is 19.4. The third-order valence-corrected chi connectivity index (χ3v) is 4.77. The third kappa shape index (κ3) is 5.49. The SMILES string of the molecule is CCC(C)(C)C(=O)OC(CC(O)(C(F)(F)F)C(F)(F)F)C(C)C(C)C. The number of halogens is 6. The van der Waals surface area contributed by atoms with E-state index in [9.17, 15) is 36.2 Å². The van der Waals surface area contributed by atoms with E-state index in [4.69, 9.17) is 4.74 Å². The minimum Gasteiger partial charge on any atom is -0.462 e. The van der Waals surface area contributed by atoms with Gasteiger partial charge in [-0.05, 0) is 32.1 Å². The van der Waals surface area contributed by atoms with Crippen molar-refractivity contribution in [2.75, 3.05) is 0 Å². The van der Waals surface area contributed by atoms with Crippen LogP contribution < -0.4 is 0 Å². The first-order chi connectivity index (χ1) is 10.9. The van der Waals surface area contributed by atoms with E-state index in [1.165, 1.54) is 20.8 Å². The van der Waals surface area contributed by atoms with Crippen LogP contribution in [0.1, 0.15) is 54.4 Å². The van der Waals surface area contributed by atoms with E-state index >= 15 is 0 Å². The molecule has 0 aromatic heterocycles. The topological polar surface area (TPSA) is 46.5 Å². The Balaban J connectivity index is 5.82. The number of aliphatic hydroxyl groups is 1. The molecule has 0 aromatic carbocycles. The fourth-order valence-corrected chi connectivity index (χ4v) is 1.89. The van der Waals surface area contributed by atoms with Crippen molar-refractivity contribution in [3.8, 4) is 0 Å². The molecule has 0 aliphatic carbocycles. The lowest BCUT2D eigenvalue weighted by atomic mass is 9.83. The Bertz CT molecular complexity index is 440. The average molecular weight is 380 g/mol. The second-order valence-corrected chi connectivity index (χ2v) is 7.34. The van der Waals surface area contributed by atoms with Crippen LogP contribution in [0.3, 0.4) is 0 Å². The van der Waals surface area contributed by atoms with Crippen LogP contribution >= 0.6 is 0 Å². The number of esters is 1. The molecule has 0 bridgehead atoms. The van der Waals surface area contributed by atoms with Crippen LogP contribution in [0.25, 0.3) is 0 Å². The summed E-state index contributed by atoms with van der Waals surface area (Å²) >= 11 is 0. The van der Waals surface area contributed by atoms with Gasteiger partial charge in [-0.3, -0.25) is 4.79 Å². The third-order valence-electron chi connectivity index (χ3n) is 4.77. The molecule has 0 aliphatic rings. The van der Waals surface area contributed by atoms with Crippen LogP contribution in [0.5, 0.6) is 0 Å². The van der Waals surface area contributed by atoms with Gasteiger partial charge in [0, 0.05) is 6.42 Å². The Hall–Kier alpha value is -0.990. The Morgan fingerprint density at radius 1 is 1.00 bits per heavy atom. The van der Waals surface area contributed by atoms with E-state index in [2.05, 4.69) is 0 Å². The quantitative estimate of drug-likeness (QED) is 0.506. The molecule has 2 unspecified atom stereocenters. The van der Waals surface area contributed by atoms with E-state index in [1.807, 2.05) is 0 Å². The van der Waals surface area contributed by atoms with E-state index in [-0.39, 0.29) is 12.3 Å². The van der Waals surface area contributed by atoms with Crippen molar-refractivity contribution in [2.45, 2.75) is 78.4 Å². The zero-order valence-electron chi connectivity index (χ0n) is 15.2. The summed E-state index contributed by atoms with van der Waals surface area (Å²) in [5.74, 6) is -2.10. The summed E-state index contributed by atoms with van der Waals surface area (Å²) in [7, 11) is 0. The van der Waals surface area contributed by atoms with Gasteiger partial charge in [-0.25, -0.2) is 0 Å². The van der Waals surface area contributed by atoms with Gasteiger partial charge in [0.15, 0.2) is 0 Å². The van der Waals surface area contributed by atoms with Crippen LogP contribution in [0, 0.1) is 17.3 Å². The molecule has 25 heavy (non-hydrogen) atoms. The van der Waals surface area contributed by atoms with Gasteiger partial charge in [0.05, 0.1) is 5.41 Å². The number of carbonyl (C=O) groups excluding carboxylic acids is 1. The first-order valence-electron chi connectivity index (χ1n) is 7.97. The molecule has 0 saturated carbocycles. The molecule has 3 nitrogen and oxygen atoms in total. The summed E-state index contributed by atoms with van der Waals surface area (Å²) in [6.45, 7) is 9.14. The lowest BCUT2D eigenvalue weighted by molar-refractivity contribution is -0.375. The van der Waals surface area contributed by atoms with E-state index < -0.39 is 47.8 Å². The van der Waals surface area contributed by atoms with Crippen molar-refractivity contribution in [3.05, 3.63) is 0 Å². The van der Waals surface area contributed by atoms with Gasteiger partial charge in [-0.15, -0.1) is 0 Å². The molecule has 150 valence electrons. The predicted molar refractivity (Wildman–Crippen MR) is 79.6 cm³/mol. The van der Waals surface area contributed by atoms with Gasteiger partial charge >= 0.3 is 18.3 Å². The lowest BCUT2D eigenvalue weighted by Crippen LogP contribution is -2.59. The zero-order chi connectivity index (χ0) is 20.4. The summed E-state index contributed by atoms with van der Waals surface area (Å²) in [4.78, 5) is 12.2. The number of carbonyl (C=O) groups is 1. The molecular formula is C16H26F6O3. The molecule has 0 aliphatic heterocycles. The largest absolute Gasteiger partial charge is 0.462 e. The molecule has 1 N–H and O–H groups in total. The highest BCUT2D eigenvalue weighted by Crippen LogP contribution is 2.47. The number of ether oxygens (including phenoxy) is 1. The first kappa shape index (κ1) is 24.0. The molecule has 0 rings (SSSR count). The van der Waals surface area contributed by atoms with Gasteiger partial charge in [0.2, 0.25) is 0 Å². The second kappa shape index (κ2) is 7.72. The van der Waals surface area contributed by atoms with Crippen molar-refractivity contribution in [2.24, 2.45) is 17.3 Å². The average Bonchev–Trinajstić information content (AvgIpc) is 2.42. The summed E-state index contributed by atoms with van der Waals surface area (Å²) in [5.41, 5.74) is -6.02. The summed E-state index contributed by atoms with van der Waals surface area (Å²) in [6.07, 6.45) is -15.2. The monoisotopic (exact) mass is 380 g/mol. The maximum absolute atomic E-state index is 13.0. The minimum absolute atomic E-state index is 0.289. The van der Waals surface area contributed by atoms with Crippen molar-refractivity contribution < 1.29 is 41.0 Å². The molecule has 0 spiro atoms. The second-order valence-electron chi connectivity index (χ2n) is 7.34. The molecule has 0 radical (unpaired) electrons. The van der Waals surface area contributed by atoms with Gasteiger partial charge in [-0.1, -0.05) is 27.7 Å². The van der Waals surface area contributed by atoms with Crippen LogP contribution in [0.15, 0.2) is 0 Å². The van der Waals surface area contributed by atoms with Gasteiger partial charge < -0.3 is 9.84 Å². The molecular weight excluding hydrogens is 354 g/mol. The van der Waals surface area contributed by atoms with Crippen molar-refractivity contribution in [1.29, 1.82) is 0 Å². The van der Waals surface area contributed by atoms with E-state index in [0.29, 0.717) is 0 Å². The molecule has 0 amide bonds. The summed E-state index contributed by atoms with van der Waals surface area (Å²) < 4.78 is 82.7. The van der Waals surface area contributed by atoms with Crippen LogP contribution in [-0.2, 0) is 9.53 Å². The smallest absolute Gasteiger partial charge is 0.426 e. The summed E-state index contributed by atoms with van der Waals surface area (Å²) in [6, 6.07) is 0. The Labute approximate surface area is 143 Å². The minimum atomic E-state index is -5.95. The lowest BCUT2D eigenvalue weighted by Gasteiger charge is -2.38. The van der Waals surface area contributed by atoms with Crippen LogP contribution in [0.2, 0.25) is 0 Å². The van der Waals surface area contributed by atoms with E-state index in [1.54, 1.807) is 20.8 Å². The van der Waals surface area contributed by atoms with Crippen LogP contribution in [0.4, 0.5) is 26.3 Å². The van der Waals surface area contributed by atoms with Crippen molar-refractivity contribution in [1.82, 2.24) is 0 Å². The summed E-state index contributed by atoms with van der Waals surface area (Å²) in [5, 5.41) is 9.42. The molecule has 0 aromatic rings. The first-order valence-corrected chi connectivity index (χ1v) is 7.97. The maximum atomic E-state index is 13.0. The molecule has 0 saturated heterocycles. The zero-order valence-corrected chi connectivity index (χ0v) is 15.2. The number of hydrogen-bond acceptors (Lipinski definition) is 3. The molecule has 2 atom stereocenters. The van der Waals surface area contributed by atoms with Gasteiger partial charge in [0.1, 0.15) is 6.10 Å². The van der Waals surface area contributed by atoms with E-state index in [0.717, 1.165) is 0 Å². The van der Waals surface area contributed by atoms with Crippen molar-refractivity contribution in [3.63, 3.8) is 0 Å². The number of rotatable bonds is 7.